The maximum absolute atomic E-state index is 14.2. The van der Waals surface area contributed by atoms with Gasteiger partial charge in [-0.1, -0.05) is 88.4 Å². The van der Waals surface area contributed by atoms with E-state index in [1.54, 1.807) is 7.11 Å². The third-order valence-corrected chi connectivity index (χ3v) is 9.89. The van der Waals surface area contributed by atoms with Crippen molar-refractivity contribution in [2.45, 2.75) is 72.3 Å². The molecule has 3 aromatic rings. The lowest BCUT2D eigenvalue weighted by Gasteiger charge is -2.49. The van der Waals surface area contributed by atoms with Crippen molar-refractivity contribution < 1.29 is 19.1 Å². The molecule has 3 aromatic carbocycles. The summed E-state index contributed by atoms with van der Waals surface area (Å²) < 4.78 is 12.9. The van der Waals surface area contributed by atoms with E-state index in [1.165, 1.54) is 5.56 Å². The SMILES string of the molecule is COc1cc(C2C3=C(CC(C)(C)CC3=O)N(CCc3ccccc3)C3=C2C(=O)CC(C)(C)C3)cc(Br)c1OCc1ccccc1. The summed E-state index contributed by atoms with van der Waals surface area (Å²) in [6.07, 6.45) is 3.29. The van der Waals surface area contributed by atoms with Crippen molar-refractivity contribution >= 4 is 27.5 Å². The maximum atomic E-state index is 14.2. The standard InChI is InChI=1S/C39H42BrNO4/c1-38(2)20-29-35(31(42)22-38)34(27-18-28(40)37(33(19-27)44-5)45-24-26-14-10-7-11-15-26)36-30(21-39(3,4)23-32(36)43)41(29)17-16-25-12-8-6-9-13-25/h6-15,18-19,34H,16-17,20-24H2,1-5H3. The molecule has 234 valence electrons. The topological polar surface area (TPSA) is 55.8 Å². The number of carbonyl (C=O) groups is 2. The van der Waals surface area contributed by atoms with Crippen LogP contribution in [0.1, 0.15) is 76.0 Å². The highest BCUT2D eigenvalue weighted by molar-refractivity contribution is 9.10. The van der Waals surface area contributed by atoms with E-state index in [4.69, 9.17) is 9.47 Å². The second-order valence-electron chi connectivity index (χ2n) is 14.2. The molecule has 0 N–H and O–H groups in total. The van der Waals surface area contributed by atoms with Gasteiger partial charge < -0.3 is 14.4 Å². The number of Topliss-reactive ketones (excluding diaryl/α,β-unsaturated/α-hetero) is 2. The molecule has 0 bridgehead atoms. The zero-order valence-corrected chi connectivity index (χ0v) is 28.5. The van der Waals surface area contributed by atoms with Crippen molar-refractivity contribution in [3.8, 4) is 11.5 Å². The van der Waals surface area contributed by atoms with Crippen LogP contribution in [0.15, 0.2) is 99.8 Å². The number of benzene rings is 3. The molecule has 2 aliphatic carbocycles. The Labute approximate surface area is 275 Å². The number of methoxy groups -OCH3 is 1. The summed E-state index contributed by atoms with van der Waals surface area (Å²) in [5.74, 6) is 0.960. The van der Waals surface area contributed by atoms with E-state index in [0.29, 0.717) is 30.9 Å². The molecule has 1 heterocycles. The van der Waals surface area contributed by atoms with Gasteiger partial charge >= 0.3 is 0 Å². The molecule has 0 saturated carbocycles. The number of ketones is 2. The first-order valence-electron chi connectivity index (χ1n) is 15.8. The van der Waals surface area contributed by atoms with Crippen LogP contribution in [0.5, 0.6) is 11.5 Å². The fourth-order valence-corrected chi connectivity index (χ4v) is 7.89. The Hall–Kier alpha value is -3.64. The van der Waals surface area contributed by atoms with Crippen molar-refractivity contribution in [3.05, 3.63) is 116 Å². The lowest BCUT2D eigenvalue weighted by molar-refractivity contribution is -0.119. The average Bonchev–Trinajstić information content (AvgIpc) is 2.98. The zero-order valence-electron chi connectivity index (χ0n) is 26.9. The Morgan fingerprint density at radius 3 is 1.84 bits per heavy atom. The predicted molar refractivity (Wildman–Crippen MR) is 181 cm³/mol. The van der Waals surface area contributed by atoms with Gasteiger partial charge in [0.1, 0.15) is 6.61 Å². The third kappa shape index (κ3) is 6.40. The van der Waals surface area contributed by atoms with Crippen molar-refractivity contribution in [2.24, 2.45) is 10.8 Å². The van der Waals surface area contributed by atoms with Crippen LogP contribution < -0.4 is 9.47 Å². The van der Waals surface area contributed by atoms with Gasteiger partial charge in [-0.05, 0) is 74.8 Å². The highest BCUT2D eigenvalue weighted by atomic mass is 79.9. The van der Waals surface area contributed by atoms with Gasteiger partial charge in [0.25, 0.3) is 0 Å². The summed E-state index contributed by atoms with van der Waals surface area (Å²) in [7, 11) is 1.63. The highest BCUT2D eigenvalue weighted by Crippen LogP contribution is 2.55. The van der Waals surface area contributed by atoms with E-state index >= 15 is 0 Å². The van der Waals surface area contributed by atoms with Gasteiger partial charge in [0.05, 0.1) is 11.6 Å². The number of carbonyl (C=O) groups excluding carboxylic acids is 2. The lowest BCUT2D eigenvalue weighted by atomic mass is 9.63. The number of hydrogen-bond donors (Lipinski definition) is 0. The predicted octanol–water partition coefficient (Wildman–Crippen LogP) is 8.97. The highest BCUT2D eigenvalue weighted by Gasteiger charge is 2.49. The summed E-state index contributed by atoms with van der Waals surface area (Å²) in [5.41, 5.74) is 6.48. The van der Waals surface area contributed by atoms with E-state index in [1.807, 2.05) is 48.5 Å². The molecule has 0 amide bonds. The quantitative estimate of drug-likeness (QED) is 0.240. The normalized spacial score (nSPS) is 19.4. The van der Waals surface area contributed by atoms with Gasteiger partial charge in [0.15, 0.2) is 23.1 Å². The minimum atomic E-state index is -0.455. The van der Waals surface area contributed by atoms with E-state index in [9.17, 15) is 9.59 Å². The number of ether oxygens (including phenoxy) is 2. The number of halogens is 1. The van der Waals surface area contributed by atoms with E-state index in [0.717, 1.165) is 63.9 Å². The monoisotopic (exact) mass is 667 g/mol. The molecule has 3 aliphatic rings. The lowest BCUT2D eigenvalue weighted by Crippen LogP contribution is -2.45. The minimum Gasteiger partial charge on any atom is -0.493 e. The Balaban J connectivity index is 1.48. The van der Waals surface area contributed by atoms with Crippen molar-refractivity contribution in [3.63, 3.8) is 0 Å². The van der Waals surface area contributed by atoms with Gasteiger partial charge in [-0.2, -0.15) is 0 Å². The smallest absolute Gasteiger partial charge is 0.175 e. The van der Waals surface area contributed by atoms with Gasteiger partial charge in [0, 0.05) is 47.8 Å². The fraction of sp³-hybridized carbons (Fsp3) is 0.385. The first kappa shape index (κ1) is 31.3. The van der Waals surface area contributed by atoms with Gasteiger partial charge in [-0.15, -0.1) is 0 Å². The Morgan fingerprint density at radius 1 is 0.778 bits per heavy atom. The molecule has 0 saturated heterocycles. The molecular weight excluding hydrogens is 626 g/mol. The van der Waals surface area contributed by atoms with Crippen LogP contribution in [0.25, 0.3) is 0 Å². The molecule has 0 spiro atoms. The van der Waals surface area contributed by atoms with E-state index in [-0.39, 0.29) is 22.4 Å². The molecule has 0 unspecified atom stereocenters. The van der Waals surface area contributed by atoms with Crippen LogP contribution in [-0.2, 0) is 22.6 Å². The zero-order chi connectivity index (χ0) is 31.9. The second-order valence-corrected chi connectivity index (χ2v) is 15.1. The van der Waals surface area contributed by atoms with Gasteiger partial charge in [0.2, 0.25) is 0 Å². The Morgan fingerprint density at radius 2 is 1.31 bits per heavy atom. The van der Waals surface area contributed by atoms with Crippen LogP contribution in [0, 0.1) is 10.8 Å². The average molecular weight is 669 g/mol. The number of rotatable bonds is 8. The van der Waals surface area contributed by atoms with Gasteiger partial charge in [-0.25, -0.2) is 0 Å². The third-order valence-electron chi connectivity index (χ3n) is 9.30. The van der Waals surface area contributed by atoms with Crippen molar-refractivity contribution in [1.29, 1.82) is 0 Å². The molecule has 6 heteroatoms. The molecule has 0 aromatic heterocycles. The van der Waals surface area contributed by atoms with Crippen LogP contribution >= 0.6 is 15.9 Å². The minimum absolute atomic E-state index is 0.125. The largest absolute Gasteiger partial charge is 0.493 e. The Bertz CT molecular complexity index is 1630. The summed E-state index contributed by atoms with van der Waals surface area (Å²) in [5, 5.41) is 0. The molecule has 0 fully saturated rings. The van der Waals surface area contributed by atoms with Crippen LogP contribution in [0.4, 0.5) is 0 Å². The summed E-state index contributed by atoms with van der Waals surface area (Å²) in [6.45, 7) is 9.82. The summed E-state index contributed by atoms with van der Waals surface area (Å²) >= 11 is 3.77. The number of nitrogens with zero attached hydrogens (tertiary/aromatic N) is 1. The van der Waals surface area contributed by atoms with E-state index in [2.05, 4.69) is 72.8 Å². The molecular formula is C39H42BrNO4. The Kier molecular flexibility index (Phi) is 8.55. The van der Waals surface area contributed by atoms with E-state index < -0.39 is 5.92 Å². The van der Waals surface area contributed by atoms with Gasteiger partial charge in [-0.3, -0.25) is 9.59 Å². The fourth-order valence-electron chi connectivity index (χ4n) is 7.31. The number of allylic oxidation sites excluding steroid dienone is 4. The van der Waals surface area contributed by atoms with Crippen molar-refractivity contribution in [1.82, 2.24) is 4.90 Å². The molecule has 6 rings (SSSR count). The second kappa shape index (κ2) is 12.3. The van der Waals surface area contributed by atoms with Crippen LogP contribution in [0.2, 0.25) is 0 Å². The molecule has 5 nitrogen and oxygen atoms in total. The molecule has 1 aliphatic heterocycles. The molecule has 45 heavy (non-hydrogen) atoms. The summed E-state index contributed by atoms with van der Waals surface area (Å²) in [6, 6.07) is 24.4. The maximum Gasteiger partial charge on any atom is 0.175 e. The number of hydrogen-bond acceptors (Lipinski definition) is 5. The molecule has 0 radical (unpaired) electrons. The van der Waals surface area contributed by atoms with Crippen LogP contribution in [0.3, 0.4) is 0 Å². The molecule has 0 atom stereocenters. The van der Waals surface area contributed by atoms with Crippen LogP contribution in [-0.4, -0.2) is 30.1 Å². The first-order valence-corrected chi connectivity index (χ1v) is 16.6. The first-order chi connectivity index (χ1) is 21.5. The van der Waals surface area contributed by atoms with Crippen molar-refractivity contribution in [2.75, 3.05) is 13.7 Å². The summed E-state index contributed by atoms with van der Waals surface area (Å²) in [4.78, 5) is 30.8.